The van der Waals surface area contributed by atoms with Crippen LogP contribution in [0.4, 0.5) is 0 Å². The van der Waals surface area contributed by atoms with Gasteiger partial charge in [-0.05, 0) is 75.3 Å². The second-order valence-electron chi connectivity index (χ2n) is 15.5. The fourth-order valence-electron chi connectivity index (χ4n) is 8.78. The summed E-state index contributed by atoms with van der Waals surface area (Å²) in [6.07, 6.45) is 0. The number of para-hydroxylation sites is 1. The third kappa shape index (κ3) is 6.26. The first kappa shape index (κ1) is 35.9. The van der Waals surface area contributed by atoms with Gasteiger partial charge in [0.2, 0.25) is 0 Å². The minimum absolute atomic E-state index is 0.608. The highest BCUT2D eigenvalue weighted by Crippen LogP contribution is 2.46. The van der Waals surface area contributed by atoms with E-state index in [1.165, 1.54) is 25.7 Å². The predicted molar refractivity (Wildman–Crippen MR) is 258 cm³/mol. The molecule has 0 aliphatic carbocycles. The summed E-state index contributed by atoms with van der Waals surface area (Å²) in [5.41, 5.74) is 13.4. The van der Waals surface area contributed by atoms with E-state index in [9.17, 15) is 0 Å². The van der Waals surface area contributed by atoms with Gasteiger partial charge in [-0.1, -0.05) is 176 Å². The number of thiophene rings is 1. The van der Waals surface area contributed by atoms with Gasteiger partial charge >= 0.3 is 0 Å². The van der Waals surface area contributed by atoms with Crippen molar-refractivity contribution in [3.8, 4) is 78.7 Å². The fraction of sp³-hybridized carbons (Fsp3) is 0. The summed E-state index contributed by atoms with van der Waals surface area (Å²) in [6.45, 7) is 0. The van der Waals surface area contributed by atoms with Gasteiger partial charge in [-0.25, -0.2) is 15.0 Å². The van der Waals surface area contributed by atoms with E-state index < -0.39 is 0 Å². The van der Waals surface area contributed by atoms with E-state index in [1.807, 2.05) is 29.5 Å². The van der Waals surface area contributed by atoms with Gasteiger partial charge in [0.25, 0.3) is 0 Å². The number of furan rings is 1. The summed E-state index contributed by atoms with van der Waals surface area (Å²) >= 11 is 1.83. The molecule has 9 aromatic carbocycles. The van der Waals surface area contributed by atoms with Gasteiger partial charge in [-0.2, -0.15) is 0 Å². The lowest BCUT2D eigenvalue weighted by Gasteiger charge is -2.12. The second-order valence-corrected chi connectivity index (χ2v) is 16.6. The Kier molecular flexibility index (Phi) is 8.65. The number of hydrogen-bond acceptors (Lipinski definition) is 5. The Morgan fingerprint density at radius 3 is 1.48 bits per heavy atom. The third-order valence-corrected chi connectivity index (χ3v) is 12.9. The largest absolute Gasteiger partial charge is 0.455 e. The lowest BCUT2D eigenvalue weighted by atomic mass is 9.92. The maximum atomic E-state index is 6.79. The van der Waals surface area contributed by atoms with Gasteiger partial charge in [0.1, 0.15) is 11.2 Å². The van der Waals surface area contributed by atoms with Crippen LogP contribution in [0.5, 0.6) is 0 Å². The van der Waals surface area contributed by atoms with Gasteiger partial charge in [0.15, 0.2) is 17.5 Å². The summed E-state index contributed by atoms with van der Waals surface area (Å²) in [5, 5.41) is 4.72. The van der Waals surface area contributed by atoms with Crippen LogP contribution in [0.2, 0.25) is 0 Å². The van der Waals surface area contributed by atoms with Crippen molar-refractivity contribution in [3.05, 3.63) is 212 Å². The summed E-state index contributed by atoms with van der Waals surface area (Å²) in [6, 6.07) is 74.4. The van der Waals surface area contributed by atoms with Crippen LogP contribution >= 0.6 is 11.3 Å². The van der Waals surface area contributed by atoms with Gasteiger partial charge in [0, 0.05) is 53.2 Å². The average molecular weight is 810 g/mol. The molecule has 0 unspecified atom stereocenters. The Bertz CT molecular complexity index is 3530. The van der Waals surface area contributed by atoms with E-state index in [4.69, 9.17) is 19.4 Å². The molecule has 0 aliphatic rings. The maximum absolute atomic E-state index is 6.79. The zero-order chi connectivity index (χ0) is 41.0. The van der Waals surface area contributed by atoms with E-state index in [0.717, 1.165) is 77.6 Å². The molecule has 4 nitrogen and oxygen atoms in total. The van der Waals surface area contributed by atoms with Gasteiger partial charge in [0.05, 0.1) is 0 Å². The van der Waals surface area contributed by atoms with E-state index in [-0.39, 0.29) is 0 Å². The van der Waals surface area contributed by atoms with Crippen LogP contribution in [0.25, 0.3) is 121 Å². The molecule has 5 heteroatoms. The molecular weight excluding hydrogens is 775 g/mol. The summed E-state index contributed by atoms with van der Waals surface area (Å²) in [4.78, 5) is 15.4. The number of rotatable bonds is 7. The quantitative estimate of drug-likeness (QED) is 0.161. The van der Waals surface area contributed by atoms with Crippen molar-refractivity contribution in [3.63, 3.8) is 0 Å². The maximum Gasteiger partial charge on any atom is 0.164 e. The van der Waals surface area contributed by atoms with Crippen LogP contribution in [0, 0.1) is 0 Å². The number of aromatic nitrogens is 3. The predicted octanol–water partition coefficient (Wildman–Crippen LogP) is 15.8. The molecule has 0 saturated heterocycles. The standard InChI is InChI=1S/C57H35N3OS/c1-3-14-36(15-4-1)40-18-11-20-42(34-40)56-58-55(59-57(60-56)43-21-12-19-41(35-43)37-16-5-2-6-17-37)39-30-28-38(29-31-39)44-32-33-46(54-53(44)47-22-7-9-25-49(47)61-54)45-24-13-27-51-52(45)48-23-8-10-26-50(48)62-51/h1-35H. The molecule has 0 N–H and O–H groups in total. The Hall–Kier alpha value is -7.99. The van der Waals surface area contributed by atoms with Crippen molar-refractivity contribution in [2.45, 2.75) is 0 Å². The molecule has 0 aliphatic heterocycles. The van der Waals surface area contributed by atoms with E-state index in [1.54, 1.807) is 0 Å². The fourth-order valence-corrected chi connectivity index (χ4v) is 9.91. The molecule has 0 atom stereocenters. The van der Waals surface area contributed by atoms with E-state index >= 15 is 0 Å². The number of fused-ring (bicyclic) bond motifs is 6. The lowest BCUT2D eigenvalue weighted by molar-refractivity contribution is 0.670. The summed E-state index contributed by atoms with van der Waals surface area (Å²) in [7, 11) is 0. The van der Waals surface area contributed by atoms with Crippen molar-refractivity contribution in [1.82, 2.24) is 15.0 Å². The first-order valence-electron chi connectivity index (χ1n) is 20.8. The molecule has 12 rings (SSSR count). The van der Waals surface area contributed by atoms with Crippen LogP contribution in [-0.4, -0.2) is 15.0 Å². The third-order valence-electron chi connectivity index (χ3n) is 11.8. The highest BCUT2D eigenvalue weighted by molar-refractivity contribution is 7.25. The van der Waals surface area contributed by atoms with Crippen molar-refractivity contribution in [2.75, 3.05) is 0 Å². The molecule has 0 saturated carbocycles. The molecule has 0 bridgehead atoms. The van der Waals surface area contributed by atoms with Gasteiger partial charge in [-0.3, -0.25) is 0 Å². The lowest BCUT2D eigenvalue weighted by Crippen LogP contribution is -2.00. The summed E-state index contributed by atoms with van der Waals surface area (Å²) in [5.74, 6) is 1.84. The minimum Gasteiger partial charge on any atom is -0.455 e. The zero-order valence-electron chi connectivity index (χ0n) is 33.4. The van der Waals surface area contributed by atoms with Crippen molar-refractivity contribution >= 4 is 53.4 Å². The zero-order valence-corrected chi connectivity index (χ0v) is 34.2. The highest BCUT2D eigenvalue weighted by atomic mass is 32.1. The second kappa shape index (κ2) is 14.9. The Balaban J connectivity index is 0.989. The average Bonchev–Trinajstić information content (AvgIpc) is 3.94. The normalized spacial score (nSPS) is 11.5. The van der Waals surface area contributed by atoms with E-state index in [2.05, 4.69) is 194 Å². The topological polar surface area (TPSA) is 51.8 Å². The first-order valence-corrected chi connectivity index (χ1v) is 21.6. The Morgan fingerprint density at radius 1 is 0.306 bits per heavy atom. The molecule has 290 valence electrons. The van der Waals surface area contributed by atoms with Gasteiger partial charge in [-0.15, -0.1) is 11.3 Å². The van der Waals surface area contributed by atoms with Crippen LogP contribution < -0.4 is 0 Å². The smallest absolute Gasteiger partial charge is 0.164 e. The van der Waals surface area contributed by atoms with E-state index in [0.29, 0.717) is 17.5 Å². The van der Waals surface area contributed by atoms with Crippen LogP contribution in [0.1, 0.15) is 0 Å². The molecule has 62 heavy (non-hydrogen) atoms. The molecule has 0 spiro atoms. The molecule has 3 heterocycles. The molecule has 0 fully saturated rings. The monoisotopic (exact) mass is 809 g/mol. The first-order chi connectivity index (χ1) is 30.7. The Morgan fingerprint density at radius 2 is 0.806 bits per heavy atom. The molecule has 3 aromatic heterocycles. The van der Waals surface area contributed by atoms with Crippen molar-refractivity contribution < 1.29 is 4.42 Å². The van der Waals surface area contributed by atoms with Crippen molar-refractivity contribution in [2.24, 2.45) is 0 Å². The van der Waals surface area contributed by atoms with Crippen LogP contribution in [0.3, 0.4) is 0 Å². The van der Waals surface area contributed by atoms with Crippen LogP contribution in [0.15, 0.2) is 217 Å². The van der Waals surface area contributed by atoms with Crippen LogP contribution in [-0.2, 0) is 0 Å². The molecule has 0 amide bonds. The molecular formula is C57H35N3OS. The summed E-state index contributed by atoms with van der Waals surface area (Å²) < 4.78 is 9.34. The van der Waals surface area contributed by atoms with Crippen molar-refractivity contribution in [1.29, 1.82) is 0 Å². The van der Waals surface area contributed by atoms with Gasteiger partial charge < -0.3 is 4.42 Å². The number of hydrogen-bond donors (Lipinski definition) is 0. The Labute approximate surface area is 362 Å². The highest BCUT2D eigenvalue weighted by Gasteiger charge is 2.21. The number of nitrogens with zero attached hydrogens (tertiary/aromatic N) is 3. The number of benzene rings is 9. The molecule has 0 radical (unpaired) electrons. The molecule has 12 aromatic rings. The minimum atomic E-state index is 0.608. The SMILES string of the molecule is c1ccc(-c2cccc(-c3nc(-c4ccc(-c5ccc(-c6cccc7sc8ccccc8c67)c6oc7ccccc7c56)cc4)nc(-c4cccc(-c5ccccc5)c4)n3)c2)cc1.